The smallest absolute Gasteiger partial charge is 0.227 e. The molecule has 11 aromatic rings. The first-order valence-electron chi connectivity index (χ1n) is 19.2. The predicted octanol–water partition coefficient (Wildman–Crippen LogP) is 15.0. The van der Waals surface area contributed by atoms with Crippen molar-refractivity contribution in [2.45, 2.75) is 0 Å². The molecule has 9 aromatic carbocycles. The van der Waals surface area contributed by atoms with E-state index in [2.05, 4.69) is 175 Å². The Morgan fingerprint density at radius 3 is 1.68 bits per heavy atom. The number of furan rings is 1. The third-order valence-electron chi connectivity index (χ3n) is 10.9. The standard InChI is InChI=1S/C53H34N2O2/c1-4-13-35(14-5-1)36-23-28-42(29-24-36)55(41-18-8-3-9-19-41)43-30-25-37(26-31-43)39-27-32-48-46(33-39)51-49(56-48)34-40-17-10-11-20-44(40)50(51)45-21-12-22-47-52(45)57-53(54-47)38-15-6-2-7-16-38/h1-34H. The van der Waals surface area contributed by atoms with E-state index in [9.17, 15) is 0 Å². The van der Waals surface area contributed by atoms with Crippen LogP contribution in [0.3, 0.4) is 0 Å². The van der Waals surface area contributed by atoms with Crippen LogP contribution in [0.2, 0.25) is 0 Å². The molecule has 0 amide bonds. The van der Waals surface area contributed by atoms with Crippen LogP contribution in [0.4, 0.5) is 17.1 Å². The normalized spacial score (nSPS) is 11.5. The van der Waals surface area contributed by atoms with Gasteiger partial charge in [-0.05, 0) is 106 Å². The molecule has 0 fully saturated rings. The Morgan fingerprint density at radius 2 is 0.965 bits per heavy atom. The molecule has 0 aliphatic carbocycles. The SMILES string of the molecule is c1ccc(-c2ccc(N(c3ccccc3)c3ccc(-c4ccc5oc6cc7ccccc7c(-c7cccc8nc(-c9ccccc9)oc78)c6c5c4)cc3)cc2)cc1. The van der Waals surface area contributed by atoms with Gasteiger partial charge in [0, 0.05) is 44.5 Å². The molecule has 0 radical (unpaired) electrons. The van der Waals surface area contributed by atoms with Gasteiger partial charge in [-0.2, -0.15) is 0 Å². The Morgan fingerprint density at radius 1 is 0.386 bits per heavy atom. The summed E-state index contributed by atoms with van der Waals surface area (Å²) in [5.74, 6) is 0.604. The lowest BCUT2D eigenvalue weighted by Crippen LogP contribution is -2.09. The summed E-state index contributed by atoms with van der Waals surface area (Å²) in [7, 11) is 0. The van der Waals surface area contributed by atoms with E-state index in [0.29, 0.717) is 5.89 Å². The van der Waals surface area contributed by atoms with Crippen molar-refractivity contribution in [3.8, 4) is 44.8 Å². The van der Waals surface area contributed by atoms with Gasteiger partial charge in [0.25, 0.3) is 0 Å². The molecule has 0 saturated carbocycles. The molecule has 4 nitrogen and oxygen atoms in total. The van der Waals surface area contributed by atoms with Crippen molar-refractivity contribution < 1.29 is 8.83 Å². The first-order valence-corrected chi connectivity index (χ1v) is 19.2. The van der Waals surface area contributed by atoms with Crippen LogP contribution in [-0.2, 0) is 0 Å². The number of hydrogen-bond acceptors (Lipinski definition) is 4. The molecule has 57 heavy (non-hydrogen) atoms. The zero-order valence-electron chi connectivity index (χ0n) is 30.8. The van der Waals surface area contributed by atoms with E-state index in [4.69, 9.17) is 13.8 Å². The highest BCUT2D eigenvalue weighted by molar-refractivity contribution is 6.23. The zero-order valence-corrected chi connectivity index (χ0v) is 30.8. The van der Waals surface area contributed by atoms with Gasteiger partial charge >= 0.3 is 0 Å². The number of oxazole rings is 1. The van der Waals surface area contributed by atoms with Gasteiger partial charge in [-0.1, -0.05) is 133 Å². The Labute approximate surface area is 329 Å². The number of aromatic nitrogens is 1. The first kappa shape index (κ1) is 32.7. The highest BCUT2D eigenvalue weighted by Crippen LogP contribution is 2.45. The van der Waals surface area contributed by atoms with Gasteiger partial charge < -0.3 is 13.7 Å². The second-order valence-corrected chi connectivity index (χ2v) is 14.3. The Hall–Kier alpha value is -7.69. The lowest BCUT2D eigenvalue weighted by molar-refractivity contribution is 0.621. The van der Waals surface area contributed by atoms with Crippen molar-refractivity contribution in [3.63, 3.8) is 0 Å². The van der Waals surface area contributed by atoms with Crippen LogP contribution in [0.15, 0.2) is 215 Å². The summed E-state index contributed by atoms with van der Waals surface area (Å²) < 4.78 is 13.2. The van der Waals surface area contributed by atoms with Crippen LogP contribution in [-0.4, -0.2) is 4.98 Å². The topological polar surface area (TPSA) is 42.4 Å². The first-order chi connectivity index (χ1) is 28.2. The van der Waals surface area contributed by atoms with E-state index in [0.717, 1.165) is 88.7 Å². The molecule has 0 aliphatic heterocycles. The minimum atomic E-state index is 0.604. The van der Waals surface area contributed by atoms with Crippen molar-refractivity contribution in [1.29, 1.82) is 0 Å². The second kappa shape index (κ2) is 13.6. The average molecular weight is 731 g/mol. The van der Waals surface area contributed by atoms with E-state index in [1.807, 2.05) is 36.4 Å². The second-order valence-electron chi connectivity index (χ2n) is 14.3. The van der Waals surface area contributed by atoms with E-state index in [-0.39, 0.29) is 0 Å². The molecule has 0 aliphatic rings. The van der Waals surface area contributed by atoms with Crippen LogP contribution in [0.25, 0.3) is 88.6 Å². The maximum Gasteiger partial charge on any atom is 0.227 e. The van der Waals surface area contributed by atoms with Gasteiger partial charge in [-0.15, -0.1) is 0 Å². The predicted molar refractivity (Wildman–Crippen MR) is 235 cm³/mol. The van der Waals surface area contributed by atoms with Crippen molar-refractivity contribution >= 4 is 60.9 Å². The number of hydrogen-bond donors (Lipinski definition) is 0. The summed E-state index contributed by atoms with van der Waals surface area (Å²) in [5, 5.41) is 4.34. The monoisotopic (exact) mass is 730 g/mol. The molecule has 2 aromatic heterocycles. The minimum Gasteiger partial charge on any atom is -0.456 e. The van der Waals surface area contributed by atoms with Gasteiger partial charge in [0.05, 0.1) is 0 Å². The maximum atomic E-state index is 6.63. The average Bonchev–Trinajstić information content (AvgIpc) is 3.89. The van der Waals surface area contributed by atoms with Gasteiger partial charge in [-0.25, -0.2) is 4.98 Å². The summed E-state index contributed by atoms with van der Waals surface area (Å²) in [5.41, 5.74) is 14.2. The fourth-order valence-electron chi connectivity index (χ4n) is 8.17. The molecule has 0 unspecified atom stereocenters. The van der Waals surface area contributed by atoms with Crippen LogP contribution in [0, 0.1) is 0 Å². The largest absolute Gasteiger partial charge is 0.456 e. The van der Waals surface area contributed by atoms with Crippen molar-refractivity contribution in [2.75, 3.05) is 4.90 Å². The van der Waals surface area contributed by atoms with Gasteiger partial charge in [0.15, 0.2) is 5.58 Å². The summed E-state index contributed by atoms with van der Waals surface area (Å²) in [6.07, 6.45) is 0. The molecule has 0 spiro atoms. The quantitative estimate of drug-likeness (QED) is 0.164. The number of para-hydroxylation sites is 2. The maximum absolute atomic E-state index is 6.63. The summed E-state index contributed by atoms with van der Waals surface area (Å²) in [4.78, 5) is 7.22. The molecule has 0 N–H and O–H groups in total. The van der Waals surface area contributed by atoms with Gasteiger partial charge in [0.1, 0.15) is 16.7 Å². The number of anilines is 3. The third-order valence-corrected chi connectivity index (χ3v) is 10.9. The van der Waals surface area contributed by atoms with Crippen molar-refractivity contribution in [2.24, 2.45) is 0 Å². The minimum absolute atomic E-state index is 0.604. The van der Waals surface area contributed by atoms with Crippen LogP contribution in [0.1, 0.15) is 0 Å². The number of rotatable bonds is 7. The Balaban J connectivity index is 1.03. The van der Waals surface area contributed by atoms with Gasteiger partial charge in [-0.3, -0.25) is 0 Å². The van der Waals surface area contributed by atoms with E-state index in [1.54, 1.807) is 0 Å². The molecular formula is C53H34N2O2. The van der Waals surface area contributed by atoms with Crippen LogP contribution in [0.5, 0.6) is 0 Å². The van der Waals surface area contributed by atoms with E-state index >= 15 is 0 Å². The van der Waals surface area contributed by atoms with Crippen molar-refractivity contribution in [3.05, 3.63) is 206 Å². The zero-order chi connectivity index (χ0) is 37.7. The number of nitrogens with zero attached hydrogens (tertiary/aromatic N) is 2. The molecule has 11 rings (SSSR count). The molecular weight excluding hydrogens is 697 g/mol. The number of benzene rings is 9. The molecule has 0 bridgehead atoms. The molecule has 268 valence electrons. The highest BCUT2D eigenvalue weighted by Gasteiger charge is 2.21. The lowest BCUT2D eigenvalue weighted by atomic mass is 9.92. The Kier molecular flexibility index (Phi) is 7.78. The third kappa shape index (κ3) is 5.74. The van der Waals surface area contributed by atoms with Crippen LogP contribution < -0.4 is 4.90 Å². The molecule has 4 heteroatoms. The van der Waals surface area contributed by atoms with E-state index < -0.39 is 0 Å². The summed E-state index contributed by atoms with van der Waals surface area (Å²) in [6, 6.07) is 72.1. The summed E-state index contributed by atoms with van der Waals surface area (Å²) >= 11 is 0. The molecule has 0 atom stereocenters. The molecule has 2 heterocycles. The van der Waals surface area contributed by atoms with Gasteiger partial charge in [0.2, 0.25) is 5.89 Å². The van der Waals surface area contributed by atoms with Crippen LogP contribution >= 0.6 is 0 Å². The molecule has 0 saturated heterocycles. The highest BCUT2D eigenvalue weighted by atomic mass is 16.3. The van der Waals surface area contributed by atoms with Crippen molar-refractivity contribution in [1.82, 2.24) is 4.98 Å². The number of fused-ring (bicyclic) bond motifs is 5. The summed E-state index contributed by atoms with van der Waals surface area (Å²) in [6.45, 7) is 0. The lowest BCUT2D eigenvalue weighted by Gasteiger charge is -2.26. The fourth-order valence-corrected chi connectivity index (χ4v) is 8.17. The fraction of sp³-hybridized carbons (Fsp3) is 0. The van der Waals surface area contributed by atoms with E-state index in [1.165, 1.54) is 11.1 Å². The Bertz CT molecular complexity index is 3200.